The zero-order valence-electron chi connectivity index (χ0n) is 20.3. The van der Waals surface area contributed by atoms with Crippen molar-refractivity contribution in [1.29, 1.82) is 5.26 Å². The molecule has 4 aliphatic carbocycles. The standard InChI is InChI=1S/C29H42N2O/c1-19(31-22-7-4-6-20(16-22)18-30)26-8-5-9-27-25-11-10-21-17-28(2,32)14-12-23(21)24(25)13-15-29(26,27)3/h4,6-7,16,19,21,23-27,31-32H,5,8-15,17H2,1-3H3/t19-,21-,23+,24?,25-,26-,27+,28-,29-/m1/s1. The second-order valence-corrected chi connectivity index (χ2v) is 12.4. The van der Waals surface area contributed by atoms with E-state index in [0.717, 1.165) is 53.7 Å². The zero-order chi connectivity index (χ0) is 22.5. The number of hydrogen-bond donors (Lipinski definition) is 2. The van der Waals surface area contributed by atoms with E-state index in [1.165, 1.54) is 51.4 Å². The third kappa shape index (κ3) is 3.87. The molecule has 0 radical (unpaired) electrons. The van der Waals surface area contributed by atoms with Gasteiger partial charge < -0.3 is 10.4 Å². The van der Waals surface area contributed by atoms with Crippen LogP contribution in [0, 0.1) is 52.3 Å². The predicted octanol–water partition coefficient (Wildman–Crippen LogP) is 6.77. The van der Waals surface area contributed by atoms with Crippen LogP contribution < -0.4 is 5.32 Å². The van der Waals surface area contributed by atoms with Crippen LogP contribution in [0.3, 0.4) is 0 Å². The van der Waals surface area contributed by atoms with Crippen molar-refractivity contribution in [3.8, 4) is 6.07 Å². The summed E-state index contributed by atoms with van der Waals surface area (Å²) in [6, 6.07) is 10.7. The lowest BCUT2D eigenvalue weighted by atomic mass is 9.44. The van der Waals surface area contributed by atoms with Gasteiger partial charge >= 0.3 is 0 Å². The van der Waals surface area contributed by atoms with Crippen LogP contribution in [-0.2, 0) is 0 Å². The molecular formula is C29H42N2O. The highest BCUT2D eigenvalue weighted by atomic mass is 16.3. The molecule has 1 aromatic rings. The molecule has 5 rings (SSSR count). The number of aliphatic hydroxyl groups is 1. The Labute approximate surface area is 195 Å². The van der Waals surface area contributed by atoms with E-state index in [2.05, 4.69) is 38.2 Å². The van der Waals surface area contributed by atoms with Crippen LogP contribution in [0.4, 0.5) is 5.69 Å². The molecule has 0 saturated heterocycles. The molecule has 0 aromatic heterocycles. The number of nitriles is 1. The SMILES string of the molecule is C[C@@H](Nc1cccc(C#N)c1)[C@H]1CCC[C@H]2[C@@H]3CC[C@@H]4C[C@](C)(O)CC[C@@H]4C3CC[C@]12C. The fourth-order valence-electron chi connectivity index (χ4n) is 9.18. The fraction of sp³-hybridized carbons (Fsp3) is 0.759. The van der Waals surface area contributed by atoms with Gasteiger partial charge in [-0.3, -0.25) is 0 Å². The molecule has 0 heterocycles. The van der Waals surface area contributed by atoms with Gasteiger partial charge in [-0.1, -0.05) is 19.4 Å². The van der Waals surface area contributed by atoms with Crippen LogP contribution in [0.25, 0.3) is 0 Å². The molecule has 1 unspecified atom stereocenters. The molecule has 4 saturated carbocycles. The summed E-state index contributed by atoms with van der Waals surface area (Å²) in [5.41, 5.74) is 1.83. The summed E-state index contributed by atoms with van der Waals surface area (Å²) < 4.78 is 0. The lowest BCUT2D eigenvalue weighted by Crippen LogP contribution is -2.55. The first-order valence-corrected chi connectivity index (χ1v) is 13.3. The molecular weight excluding hydrogens is 392 g/mol. The normalized spacial score (nSPS) is 44.3. The third-order valence-electron chi connectivity index (χ3n) is 10.5. The zero-order valence-corrected chi connectivity index (χ0v) is 20.3. The largest absolute Gasteiger partial charge is 0.390 e. The maximum atomic E-state index is 10.7. The molecule has 3 nitrogen and oxygen atoms in total. The first kappa shape index (κ1) is 22.3. The predicted molar refractivity (Wildman–Crippen MR) is 130 cm³/mol. The van der Waals surface area contributed by atoms with Crippen LogP contribution in [-0.4, -0.2) is 16.7 Å². The van der Waals surface area contributed by atoms with Crippen LogP contribution in [0.2, 0.25) is 0 Å². The number of benzene rings is 1. The number of fused-ring (bicyclic) bond motifs is 5. The molecule has 1 aromatic carbocycles. The summed E-state index contributed by atoms with van der Waals surface area (Å²) in [6.45, 7) is 7.07. The van der Waals surface area contributed by atoms with Crippen LogP contribution in [0.5, 0.6) is 0 Å². The summed E-state index contributed by atoms with van der Waals surface area (Å²) in [5, 5.41) is 23.7. The van der Waals surface area contributed by atoms with Crippen molar-refractivity contribution in [1.82, 2.24) is 0 Å². The van der Waals surface area contributed by atoms with Gasteiger partial charge in [0.2, 0.25) is 0 Å². The summed E-state index contributed by atoms with van der Waals surface area (Å²) in [6.07, 6.45) is 12.9. The van der Waals surface area contributed by atoms with E-state index < -0.39 is 5.60 Å². The maximum Gasteiger partial charge on any atom is 0.0992 e. The molecule has 3 heteroatoms. The summed E-state index contributed by atoms with van der Waals surface area (Å²) >= 11 is 0. The maximum absolute atomic E-state index is 10.7. The Morgan fingerprint density at radius 2 is 1.84 bits per heavy atom. The Hall–Kier alpha value is -1.53. The highest BCUT2D eigenvalue weighted by Gasteiger charge is 2.56. The van der Waals surface area contributed by atoms with Crippen molar-refractivity contribution in [2.75, 3.05) is 5.32 Å². The molecule has 0 spiro atoms. The molecule has 0 bridgehead atoms. The molecule has 4 fully saturated rings. The monoisotopic (exact) mass is 434 g/mol. The second kappa shape index (κ2) is 8.35. The van der Waals surface area contributed by atoms with E-state index >= 15 is 0 Å². The van der Waals surface area contributed by atoms with E-state index in [1.54, 1.807) is 0 Å². The topological polar surface area (TPSA) is 56.0 Å². The van der Waals surface area contributed by atoms with Crippen LogP contribution >= 0.6 is 0 Å². The van der Waals surface area contributed by atoms with Gasteiger partial charge in [0.25, 0.3) is 0 Å². The van der Waals surface area contributed by atoms with Gasteiger partial charge in [-0.25, -0.2) is 0 Å². The minimum absolute atomic E-state index is 0.420. The number of anilines is 1. The molecule has 2 N–H and O–H groups in total. The van der Waals surface area contributed by atoms with Crippen molar-refractivity contribution in [2.45, 2.75) is 96.6 Å². The van der Waals surface area contributed by atoms with Gasteiger partial charge in [0, 0.05) is 11.7 Å². The van der Waals surface area contributed by atoms with E-state index in [0.29, 0.717) is 17.4 Å². The lowest BCUT2D eigenvalue weighted by molar-refractivity contribution is -0.128. The van der Waals surface area contributed by atoms with Crippen molar-refractivity contribution in [2.24, 2.45) is 40.9 Å². The molecule has 0 aliphatic heterocycles. The van der Waals surface area contributed by atoms with Gasteiger partial charge in [-0.2, -0.15) is 5.26 Å². The quantitative estimate of drug-likeness (QED) is 0.552. The van der Waals surface area contributed by atoms with Gasteiger partial charge in [0.1, 0.15) is 0 Å². The molecule has 9 atom stereocenters. The van der Waals surface area contributed by atoms with Crippen LogP contribution in [0.15, 0.2) is 24.3 Å². The Morgan fingerprint density at radius 3 is 2.66 bits per heavy atom. The van der Waals surface area contributed by atoms with Crippen molar-refractivity contribution >= 4 is 5.69 Å². The third-order valence-corrected chi connectivity index (χ3v) is 10.5. The smallest absolute Gasteiger partial charge is 0.0992 e. The highest BCUT2D eigenvalue weighted by molar-refractivity contribution is 5.49. The summed E-state index contributed by atoms with van der Waals surface area (Å²) in [4.78, 5) is 0. The Morgan fingerprint density at radius 1 is 1.03 bits per heavy atom. The van der Waals surface area contributed by atoms with E-state index in [4.69, 9.17) is 0 Å². The number of hydrogen-bond acceptors (Lipinski definition) is 3. The second-order valence-electron chi connectivity index (χ2n) is 12.4. The fourth-order valence-corrected chi connectivity index (χ4v) is 9.18. The highest BCUT2D eigenvalue weighted by Crippen LogP contribution is 2.63. The first-order chi connectivity index (χ1) is 15.3. The number of nitrogens with one attached hydrogen (secondary N) is 1. The average Bonchev–Trinajstić information content (AvgIpc) is 2.77. The number of nitrogens with zero attached hydrogens (tertiary/aromatic N) is 1. The van der Waals surface area contributed by atoms with Gasteiger partial charge in [0.15, 0.2) is 0 Å². The molecule has 0 amide bonds. The van der Waals surface area contributed by atoms with Gasteiger partial charge in [-0.15, -0.1) is 0 Å². The Bertz CT molecular complexity index is 872. The summed E-state index contributed by atoms with van der Waals surface area (Å²) in [5.74, 6) is 4.97. The van der Waals surface area contributed by atoms with E-state index in [-0.39, 0.29) is 0 Å². The van der Waals surface area contributed by atoms with E-state index in [1.807, 2.05) is 18.2 Å². The molecule has 174 valence electrons. The van der Waals surface area contributed by atoms with Crippen molar-refractivity contribution in [3.05, 3.63) is 29.8 Å². The Kier molecular flexibility index (Phi) is 5.81. The molecule has 4 aliphatic rings. The van der Waals surface area contributed by atoms with Crippen molar-refractivity contribution in [3.63, 3.8) is 0 Å². The van der Waals surface area contributed by atoms with Crippen LogP contribution in [0.1, 0.15) is 90.5 Å². The van der Waals surface area contributed by atoms with Crippen molar-refractivity contribution < 1.29 is 5.11 Å². The Balaban J connectivity index is 1.33. The minimum Gasteiger partial charge on any atom is -0.390 e. The van der Waals surface area contributed by atoms with E-state index in [9.17, 15) is 10.4 Å². The minimum atomic E-state index is -0.420. The first-order valence-electron chi connectivity index (χ1n) is 13.3. The summed E-state index contributed by atoms with van der Waals surface area (Å²) in [7, 11) is 0. The lowest BCUT2D eigenvalue weighted by Gasteiger charge is -2.61. The molecule has 32 heavy (non-hydrogen) atoms. The van der Waals surface area contributed by atoms with Gasteiger partial charge in [0.05, 0.1) is 17.2 Å². The van der Waals surface area contributed by atoms with Gasteiger partial charge in [-0.05, 0) is 131 Å². The average molecular weight is 435 g/mol. The number of rotatable bonds is 3.